The van der Waals surface area contributed by atoms with E-state index in [1.54, 1.807) is 0 Å². The largest absolute Gasteiger partial charge is 0.356 e. The molecule has 2 fully saturated rings. The Morgan fingerprint density at radius 2 is 2.12 bits per heavy atom. The van der Waals surface area contributed by atoms with Crippen LogP contribution in [0.15, 0.2) is 29.3 Å². The van der Waals surface area contributed by atoms with Crippen LogP contribution in [0, 0.1) is 5.41 Å². The van der Waals surface area contributed by atoms with E-state index >= 15 is 0 Å². The topological polar surface area (TPSA) is 56.3 Å². The SMILES string of the molecule is CN=C(NCCCc1nc2ccccc2[nH]1)N1CCC2(CCCC2)C1. The molecule has 2 aromatic rings. The van der Waals surface area contributed by atoms with E-state index in [0.29, 0.717) is 5.41 Å². The lowest BCUT2D eigenvalue weighted by molar-refractivity contribution is 0.309. The Labute approximate surface area is 149 Å². The molecule has 1 aliphatic carbocycles. The maximum absolute atomic E-state index is 4.65. The first-order chi connectivity index (χ1) is 12.3. The highest BCUT2D eigenvalue weighted by Crippen LogP contribution is 2.45. The van der Waals surface area contributed by atoms with Crippen LogP contribution in [0.5, 0.6) is 0 Å². The number of H-pyrrole nitrogens is 1. The molecule has 2 N–H and O–H groups in total. The number of nitrogens with zero attached hydrogens (tertiary/aromatic N) is 3. The van der Waals surface area contributed by atoms with Gasteiger partial charge in [-0.25, -0.2) is 4.98 Å². The maximum Gasteiger partial charge on any atom is 0.193 e. The molecule has 2 aliphatic rings. The first-order valence-corrected chi connectivity index (χ1v) is 9.67. The molecule has 2 heterocycles. The van der Waals surface area contributed by atoms with Gasteiger partial charge >= 0.3 is 0 Å². The lowest BCUT2D eigenvalue weighted by Gasteiger charge is -2.25. The number of guanidine groups is 1. The average molecular weight is 339 g/mol. The van der Waals surface area contributed by atoms with Gasteiger partial charge in [0.05, 0.1) is 11.0 Å². The van der Waals surface area contributed by atoms with Crippen LogP contribution in [0.3, 0.4) is 0 Å². The molecule has 1 aromatic heterocycles. The van der Waals surface area contributed by atoms with Gasteiger partial charge in [0.1, 0.15) is 5.82 Å². The summed E-state index contributed by atoms with van der Waals surface area (Å²) in [5, 5.41) is 3.56. The van der Waals surface area contributed by atoms with E-state index in [9.17, 15) is 0 Å². The van der Waals surface area contributed by atoms with Gasteiger partial charge in [-0.15, -0.1) is 0 Å². The highest BCUT2D eigenvalue weighted by molar-refractivity contribution is 5.80. The molecule has 1 spiro atoms. The third-order valence-electron chi connectivity index (χ3n) is 5.93. The Morgan fingerprint density at radius 3 is 2.92 bits per heavy atom. The normalized spacial score (nSPS) is 20.0. The molecule has 4 rings (SSSR count). The quantitative estimate of drug-likeness (QED) is 0.510. The summed E-state index contributed by atoms with van der Waals surface area (Å²) in [7, 11) is 1.90. The molecule has 1 aliphatic heterocycles. The van der Waals surface area contributed by atoms with E-state index in [4.69, 9.17) is 0 Å². The number of hydrogen-bond donors (Lipinski definition) is 2. The van der Waals surface area contributed by atoms with Crippen LogP contribution < -0.4 is 5.32 Å². The van der Waals surface area contributed by atoms with Crippen molar-refractivity contribution in [2.45, 2.75) is 44.9 Å². The van der Waals surface area contributed by atoms with Crippen molar-refractivity contribution in [1.82, 2.24) is 20.2 Å². The summed E-state index contributed by atoms with van der Waals surface area (Å²) in [6.45, 7) is 3.28. The van der Waals surface area contributed by atoms with Crippen LogP contribution in [0.25, 0.3) is 11.0 Å². The number of hydrogen-bond acceptors (Lipinski definition) is 2. The van der Waals surface area contributed by atoms with E-state index in [0.717, 1.165) is 48.7 Å². The summed E-state index contributed by atoms with van der Waals surface area (Å²) in [4.78, 5) is 15.0. The van der Waals surface area contributed by atoms with Crippen molar-refractivity contribution in [3.63, 3.8) is 0 Å². The number of aliphatic imine (C=N–C) groups is 1. The van der Waals surface area contributed by atoms with Gasteiger partial charge in [-0.3, -0.25) is 4.99 Å². The average Bonchev–Trinajstić information content (AvgIpc) is 3.36. The Balaban J connectivity index is 1.26. The zero-order valence-corrected chi connectivity index (χ0v) is 15.2. The van der Waals surface area contributed by atoms with Crippen molar-refractivity contribution in [2.24, 2.45) is 10.4 Å². The number of fused-ring (bicyclic) bond motifs is 1. The van der Waals surface area contributed by atoms with Gasteiger partial charge in [0, 0.05) is 33.1 Å². The number of nitrogens with one attached hydrogen (secondary N) is 2. The van der Waals surface area contributed by atoms with E-state index < -0.39 is 0 Å². The smallest absolute Gasteiger partial charge is 0.193 e. The number of aromatic amines is 1. The molecule has 134 valence electrons. The number of aryl methyl sites for hydroxylation is 1. The number of likely N-dealkylation sites (tertiary alicyclic amines) is 1. The summed E-state index contributed by atoms with van der Waals surface area (Å²) in [6.07, 6.45) is 9.00. The second kappa shape index (κ2) is 7.06. The highest BCUT2D eigenvalue weighted by atomic mass is 15.3. The van der Waals surface area contributed by atoms with Gasteiger partial charge in [-0.2, -0.15) is 0 Å². The zero-order chi connectivity index (χ0) is 17.1. The summed E-state index contributed by atoms with van der Waals surface area (Å²) >= 11 is 0. The van der Waals surface area contributed by atoms with Crippen LogP contribution in [0.1, 0.15) is 44.3 Å². The molecule has 0 amide bonds. The number of para-hydroxylation sites is 2. The predicted molar refractivity (Wildman–Crippen MR) is 103 cm³/mol. The molecular formula is C20H29N5. The van der Waals surface area contributed by atoms with Gasteiger partial charge in [-0.05, 0) is 43.2 Å². The number of aromatic nitrogens is 2. The van der Waals surface area contributed by atoms with Crippen molar-refractivity contribution < 1.29 is 0 Å². The van der Waals surface area contributed by atoms with Crippen molar-refractivity contribution >= 4 is 17.0 Å². The van der Waals surface area contributed by atoms with Crippen LogP contribution in [-0.4, -0.2) is 47.5 Å². The van der Waals surface area contributed by atoms with E-state index in [2.05, 4.69) is 37.3 Å². The lowest BCUT2D eigenvalue weighted by Crippen LogP contribution is -2.41. The minimum atomic E-state index is 0.589. The third kappa shape index (κ3) is 3.51. The van der Waals surface area contributed by atoms with Gasteiger partial charge in [-0.1, -0.05) is 25.0 Å². The first kappa shape index (κ1) is 16.4. The number of rotatable bonds is 4. The Morgan fingerprint density at radius 1 is 1.28 bits per heavy atom. The zero-order valence-electron chi connectivity index (χ0n) is 15.2. The Kier molecular flexibility index (Phi) is 4.64. The lowest BCUT2D eigenvalue weighted by atomic mass is 9.86. The molecule has 1 aromatic carbocycles. The van der Waals surface area contributed by atoms with E-state index in [1.807, 2.05) is 19.2 Å². The fourth-order valence-electron chi connectivity index (χ4n) is 4.56. The van der Waals surface area contributed by atoms with E-state index in [-0.39, 0.29) is 0 Å². The second-order valence-electron chi connectivity index (χ2n) is 7.66. The molecule has 0 radical (unpaired) electrons. The summed E-state index contributed by atoms with van der Waals surface area (Å²) in [6, 6.07) is 8.22. The first-order valence-electron chi connectivity index (χ1n) is 9.67. The van der Waals surface area contributed by atoms with E-state index in [1.165, 1.54) is 38.6 Å². The maximum atomic E-state index is 4.65. The summed E-state index contributed by atoms with van der Waals surface area (Å²) in [5.41, 5.74) is 2.77. The monoisotopic (exact) mass is 339 g/mol. The minimum absolute atomic E-state index is 0.589. The molecule has 1 saturated heterocycles. The van der Waals surface area contributed by atoms with Crippen LogP contribution >= 0.6 is 0 Å². The predicted octanol–water partition coefficient (Wildman–Crippen LogP) is 3.34. The van der Waals surface area contributed by atoms with Crippen LogP contribution in [0.2, 0.25) is 0 Å². The molecule has 0 bridgehead atoms. The Bertz CT molecular complexity index is 708. The molecule has 5 nitrogen and oxygen atoms in total. The van der Waals surface area contributed by atoms with Gasteiger partial charge in [0.15, 0.2) is 5.96 Å². The number of imidazole rings is 1. The fraction of sp³-hybridized carbons (Fsp3) is 0.600. The molecule has 5 heteroatoms. The van der Waals surface area contributed by atoms with Crippen molar-refractivity contribution in [3.8, 4) is 0 Å². The number of benzene rings is 1. The van der Waals surface area contributed by atoms with Crippen molar-refractivity contribution in [2.75, 3.05) is 26.7 Å². The third-order valence-corrected chi connectivity index (χ3v) is 5.93. The standard InChI is InChI=1S/C20H29N5/c1-21-19(25-14-12-20(15-25)10-4-5-11-20)22-13-6-9-18-23-16-7-2-3-8-17(16)24-18/h2-3,7-8H,4-6,9-15H2,1H3,(H,21,22)(H,23,24). The molecule has 0 unspecified atom stereocenters. The second-order valence-corrected chi connectivity index (χ2v) is 7.66. The fourth-order valence-corrected chi connectivity index (χ4v) is 4.56. The van der Waals surface area contributed by atoms with Crippen LogP contribution in [-0.2, 0) is 6.42 Å². The van der Waals surface area contributed by atoms with Gasteiger partial charge in [0.2, 0.25) is 0 Å². The van der Waals surface area contributed by atoms with Crippen molar-refractivity contribution in [3.05, 3.63) is 30.1 Å². The van der Waals surface area contributed by atoms with Crippen LogP contribution in [0.4, 0.5) is 0 Å². The van der Waals surface area contributed by atoms with Crippen molar-refractivity contribution in [1.29, 1.82) is 0 Å². The summed E-state index contributed by atoms with van der Waals surface area (Å²) < 4.78 is 0. The summed E-state index contributed by atoms with van der Waals surface area (Å²) in [5.74, 6) is 2.15. The molecule has 25 heavy (non-hydrogen) atoms. The van der Waals surface area contributed by atoms with Gasteiger partial charge < -0.3 is 15.2 Å². The highest BCUT2D eigenvalue weighted by Gasteiger charge is 2.40. The Hall–Kier alpha value is -2.04. The molecule has 0 atom stereocenters. The van der Waals surface area contributed by atoms with Gasteiger partial charge in [0.25, 0.3) is 0 Å². The molecular weight excluding hydrogens is 310 g/mol. The minimum Gasteiger partial charge on any atom is -0.356 e. The molecule has 1 saturated carbocycles.